The SMILES string of the molecule is CC(C)OCCS(=O)(=O)N1CCOCC1N=C=O. The topological polar surface area (TPSA) is 85.3 Å². The maximum absolute atomic E-state index is 12.1. The van der Waals surface area contributed by atoms with Crippen molar-refractivity contribution in [2.75, 3.05) is 32.1 Å². The zero-order valence-corrected chi connectivity index (χ0v) is 11.4. The Morgan fingerprint density at radius 3 is 2.89 bits per heavy atom. The van der Waals surface area contributed by atoms with E-state index in [9.17, 15) is 13.2 Å². The minimum atomic E-state index is -3.49. The predicted molar refractivity (Wildman–Crippen MR) is 64.3 cm³/mol. The Hall–Kier alpha value is -0.790. The van der Waals surface area contributed by atoms with Crippen molar-refractivity contribution in [2.45, 2.75) is 26.1 Å². The Kier molecular flexibility index (Phi) is 5.90. The summed E-state index contributed by atoms with van der Waals surface area (Å²) in [6, 6.07) is 0. The average Bonchev–Trinajstić information content (AvgIpc) is 2.29. The van der Waals surface area contributed by atoms with Gasteiger partial charge in [0.1, 0.15) is 0 Å². The van der Waals surface area contributed by atoms with Crippen LogP contribution in [0.2, 0.25) is 0 Å². The number of hydrogen-bond donors (Lipinski definition) is 0. The number of morpholine rings is 1. The molecule has 1 heterocycles. The van der Waals surface area contributed by atoms with Crippen LogP contribution in [0.25, 0.3) is 0 Å². The Morgan fingerprint density at radius 1 is 1.56 bits per heavy atom. The summed E-state index contributed by atoms with van der Waals surface area (Å²) in [7, 11) is -3.49. The number of hydrogen-bond acceptors (Lipinski definition) is 6. The van der Waals surface area contributed by atoms with E-state index in [1.54, 1.807) is 0 Å². The van der Waals surface area contributed by atoms with E-state index in [0.29, 0.717) is 6.61 Å². The van der Waals surface area contributed by atoms with Gasteiger partial charge in [0, 0.05) is 6.54 Å². The van der Waals surface area contributed by atoms with Gasteiger partial charge in [-0.1, -0.05) is 0 Å². The number of ether oxygens (including phenoxy) is 2. The second kappa shape index (κ2) is 6.96. The van der Waals surface area contributed by atoms with Gasteiger partial charge in [-0.3, -0.25) is 0 Å². The van der Waals surface area contributed by atoms with Crippen molar-refractivity contribution in [3.63, 3.8) is 0 Å². The molecule has 1 unspecified atom stereocenters. The molecule has 7 nitrogen and oxygen atoms in total. The van der Waals surface area contributed by atoms with Gasteiger partial charge in [0.2, 0.25) is 16.1 Å². The van der Waals surface area contributed by atoms with E-state index in [2.05, 4.69) is 4.99 Å². The van der Waals surface area contributed by atoms with Crippen LogP contribution in [0.4, 0.5) is 0 Å². The van der Waals surface area contributed by atoms with E-state index >= 15 is 0 Å². The monoisotopic (exact) mass is 278 g/mol. The smallest absolute Gasteiger partial charge is 0.236 e. The normalized spacial score (nSPS) is 21.8. The first kappa shape index (κ1) is 15.3. The molecule has 8 heteroatoms. The maximum atomic E-state index is 12.1. The number of aliphatic imine (C=N–C) groups is 1. The van der Waals surface area contributed by atoms with Crippen LogP contribution in [0, 0.1) is 0 Å². The lowest BCUT2D eigenvalue weighted by molar-refractivity contribution is 0.0350. The molecule has 0 N–H and O–H groups in total. The first-order valence-electron chi connectivity index (χ1n) is 5.73. The molecule has 0 spiro atoms. The van der Waals surface area contributed by atoms with Crippen LogP contribution >= 0.6 is 0 Å². The van der Waals surface area contributed by atoms with Gasteiger partial charge in [-0.05, 0) is 13.8 Å². The zero-order valence-electron chi connectivity index (χ0n) is 10.5. The van der Waals surface area contributed by atoms with E-state index in [1.807, 2.05) is 13.8 Å². The molecule has 1 saturated heterocycles. The van der Waals surface area contributed by atoms with Crippen LogP contribution in [0.15, 0.2) is 4.99 Å². The summed E-state index contributed by atoms with van der Waals surface area (Å²) in [6.45, 7) is 4.37. The number of nitrogens with zero attached hydrogens (tertiary/aromatic N) is 2. The number of sulfonamides is 1. The second-order valence-corrected chi connectivity index (χ2v) is 6.16. The maximum Gasteiger partial charge on any atom is 0.236 e. The standard InChI is InChI=1S/C10H18N2O5S/c1-9(2)17-5-6-18(14,15)12-3-4-16-7-10(12)11-8-13/h9-10H,3-7H2,1-2H3. The summed E-state index contributed by atoms with van der Waals surface area (Å²) in [5.74, 6) is -0.129. The Balaban J connectivity index is 2.66. The summed E-state index contributed by atoms with van der Waals surface area (Å²) in [5, 5.41) is 0. The van der Waals surface area contributed by atoms with E-state index in [-0.39, 0.29) is 31.6 Å². The third-order valence-corrected chi connectivity index (χ3v) is 4.23. The molecule has 0 bridgehead atoms. The Labute approximate surface area is 107 Å². The van der Waals surface area contributed by atoms with Crippen LogP contribution in [0.3, 0.4) is 0 Å². The molecule has 1 aliphatic rings. The molecule has 104 valence electrons. The number of carbonyl (C=O) groups excluding carboxylic acids is 1. The third-order valence-electron chi connectivity index (χ3n) is 2.41. The first-order chi connectivity index (χ1) is 8.47. The Morgan fingerprint density at radius 2 is 2.28 bits per heavy atom. The summed E-state index contributed by atoms with van der Waals surface area (Å²) in [4.78, 5) is 13.7. The van der Waals surface area contributed by atoms with Crippen LogP contribution in [0.5, 0.6) is 0 Å². The van der Waals surface area contributed by atoms with Crippen LogP contribution in [0.1, 0.15) is 13.8 Å². The highest BCUT2D eigenvalue weighted by molar-refractivity contribution is 7.89. The van der Waals surface area contributed by atoms with Crippen molar-refractivity contribution in [1.29, 1.82) is 0 Å². The van der Waals surface area contributed by atoms with Gasteiger partial charge in [-0.25, -0.2) is 13.2 Å². The van der Waals surface area contributed by atoms with E-state index in [1.165, 1.54) is 10.4 Å². The van der Waals surface area contributed by atoms with Crippen molar-refractivity contribution in [3.8, 4) is 0 Å². The highest BCUT2D eigenvalue weighted by Crippen LogP contribution is 2.13. The number of rotatable bonds is 6. The van der Waals surface area contributed by atoms with E-state index in [0.717, 1.165) is 0 Å². The molecule has 0 aromatic rings. The quantitative estimate of drug-likeness (QED) is 0.493. The fraction of sp³-hybridized carbons (Fsp3) is 0.900. The van der Waals surface area contributed by atoms with Crippen molar-refractivity contribution in [2.24, 2.45) is 4.99 Å². The van der Waals surface area contributed by atoms with Crippen molar-refractivity contribution < 1.29 is 22.7 Å². The van der Waals surface area contributed by atoms with Crippen molar-refractivity contribution in [3.05, 3.63) is 0 Å². The molecule has 0 aromatic heterocycles. The number of isocyanates is 1. The van der Waals surface area contributed by atoms with Gasteiger partial charge in [-0.15, -0.1) is 0 Å². The van der Waals surface area contributed by atoms with Gasteiger partial charge >= 0.3 is 0 Å². The molecule has 0 amide bonds. The van der Waals surface area contributed by atoms with Crippen LogP contribution in [-0.2, 0) is 24.3 Å². The predicted octanol–water partition coefficient (Wildman–Crippen LogP) is -0.265. The van der Waals surface area contributed by atoms with E-state index < -0.39 is 16.2 Å². The second-order valence-electron chi connectivity index (χ2n) is 4.12. The van der Waals surface area contributed by atoms with Crippen LogP contribution < -0.4 is 0 Å². The molecule has 1 rings (SSSR count). The Bertz CT molecular complexity index is 402. The fourth-order valence-corrected chi connectivity index (χ4v) is 2.94. The molecule has 1 aliphatic heterocycles. The first-order valence-corrected chi connectivity index (χ1v) is 7.34. The van der Waals surface area contributed by atoms with Gasteiger partial charge < -0.3 is 9.47 Å². The van der Waals surface area contributed by atoms with Gasteiger partial charge in [0.15, 0.2) is 6.17 Å². The molecular formula is C10H18N2O5S. The van der Waals surface area contributed by atoms with Gasteiger partial charge in [-0.2, -0.15) is 9.30 Å². The summed E-state index contributed by atoms with van der Waals surface area (Å²) < 4.78 is 35.6. The lowest BCUT2D eigenvalue weighted by Gasteiger charge is -2.31. The van der Waals surface area contributed by atoms with E-state index in [4.69, 9.17) is 9.47 Å². The highest BCUT2D eigenvalue weighted by Gasteiger charge is 2.32. The average molecular weight is 278 g/mol. The molecule has 18 heavy (non-hydrogen) atoms. The molecule has 1 atom stereocenters. The molecule has 0 aliphatic carbocycles. The van der Waals surface area contributed by atoms with Crippen LogP contribution in [-0.4, -0.2) is 63.2 Å². The van der Waals surface area contributed by atoms with Crippen molar-refractivity contribution in [1.82, 2.24) is 4.31 Å². The van der Waals surface area contributed by atoms with Gasteiger partial charge in [0.25, 0.3) is 0 Å². The molecular weight excluding hydrogens is 260 g/mol. The van der Waals surface area contributed by atoms with Crippen molar-refractivity contribution >= 4 is 16.1 Å². The largest absolute Gasteiger partial charge is 0.378 e. The minimum absolute atomic E-state index is 0.0197. The third kappa shape index (κ3) is 4.47. The summed E-state index contributed by atoms with van der Waals surface area (Å²) in [5.41, 5.74) is 0. The highest BCUT2D eigenvalue weighted by atomic mass is 32.2. The molecule has 0 radical (unpaired) electrons. The summed E-state index contributed by atoms with van der Waals surface area (Å²) >= 11 is 0. The molecule has 0 aromatic carbocycles. The summed E-state index contributed by atoms with van der Waals surface area (Å²) in [6.07, 6.45) is 0.546. The van der Waals surface area contributed by atoms with Gasteiger partial charge in [0.05, 0.1) is 31.7 Å². The lowest BCUT2D eigenvalue weighted by Crippen LogP contribution is -2.48. The molecule has 1 fully saturated rings. The zero-order chi connectivity index (χ0) is 13.6. The minimum Gasteiger partial charge on any atom is -0.378 e. The fourth-order valence-electron chi connectivity index (χ4n) is 1.57. The lowest BCUT2D eigenvalue weighted by atomic mass is 10.4. The molecule has 0 saturated carbocycles.